The molecule has 390 valence electrons. The molecule has 0 unspecified atom stereocenters. The van der Waals surface area contributed by atoms with Crippen molar-refractivity contribution < 1.29 is 43.2 Å². The highest BCUT2D eigenvalue weighted by atomic mass is 33.1. The van der Waals surface area contributed by atoms with Gasteiger partial charge in [0, 0.05) is 66.3 Å². The lowest BCUT2D eigenvalue weighted by molar-refractivity contribution is -0.137. The molecule has 25 heteroatoms. The number of imide groups is 1. The third kappa shape index (κ3) is 15.1. The van der Waals surface area contributed by atoms with E-state index in [4.69, 9.17) is 11.5 Å². The summed E-state index contributed by atoms with van der Waals surface area (Å²) in [6, 6.07) is 5.04. The molecule has 2 aromatic heterocycles. The van der Waals surface area contributed by atoms with Crippen molar-refractivity contribution in [2.45, 2.75) is 108 Å². The van der Waals surface area contributed by atoms with Gasteiger partial charge in [0.15, 0.2) is 11.7 Å². The Hall–Kier alpha value is -7.41. The van der Waals surface area contributed by atoms with Gasteiger partial charge in [-0.1, -0.05) is 84.0 Å². The van der Waals surface area contributed by atoms with Crippen LogP contribution in [0.5, 0.6) is 0 Å². The summed E-state index contributed by atoms with van der Waals surface area (Å²) in [5.41, 5.74) is 13.7. The van der Waals surface area contributed by atoms with E-state index in [1.165, 1.54) is 26.4 Å². The van der Waals surface area contributed by atoms with Gasteiger partial charge < -0.3 is 58.7 Å². The highest BCUT2D eigenvalue weighted by Crippen LogP contribution is 2.28. The average Bonchev–Trinajstić information content (AvgIpc) is 4.10. The number of nitrogens with one attached hydrogen (secondary N) is 9. The molecule has 23 nitrogen and oxygen atoms in total. The molecular formula is C48H62N14O9S2. The number of aromatic nitrogens is 3. The van der Waals surface area contributed by atoms with Crippen LogP contribution in [0.1, 0.15) is 57.4 Å². The summed E-state index contributed by atoms with van der Waals surface area (Å²) in [6.45, 7) is 6.19. The molecular weight excluding hydrogens is 981 g/mol. The zero-order valence-electron chi connectivity index (χ0n) is 40.8. The Morgan fingerprint density at radius 3 is 2.00 bits per heavy atom. The number of amides is 9. The smallest absolute Gasteiger partial charge is 0.325 e. The lowest BCUT2D eigenvalue weighted by Gasteiger charge is -2.28. The Kier molecular flexibility index (Phi) is 19.4. The van der Waals surface area contributed by atoms with Crippen LogP contribution in [0, 0.1) is 5.92 Å². The molecule has 2 aromatic carbocycles. The summed E-state index contributed by atoms with van der Waals surface area (Å²) in [6.07, 6.45) is 4.41. The van der Waals surface area contributed by atoms with Crippen LogP contribution in [-0.2, 0) is 57.6 Å². The summed E-state index contributed by atoms with van der Waals surface area (Å²) in [7, 11) is 2.13. The fourth-order valence-corrected chi connectivity index (χ4v) is 10.6. The van der Waals surface area contributed by atoms with Gasteiger partial charge in [-0.05, 0) is 49.8 Å². The molecule has 8 atom stereocenters. The standard InChI is InChI=1S/C48H62N14O9S2/c1-25(2)39-46(70)62(48(71)61-39)38-23-73-72-22-37(27(4)63)60-43(67)35(18-29-20-53-32-14-9-8-13-31(29)32)59-41(65)33(15-10-16-52-47(49)50)56-42(66)34(17-28-11-6-5-7-12-28)58-44(68)36(19-30-21-51-24-54-30)57-40(64)26(3)55-45(38)69/h5-9,11-14,20-21,24-26,33-39,53H,10,15-19,22-23H2,1-4H3,(H,51,54)(H,55,69)(H,56,66)(H,57,64)(H,58,68)(H,59,65)(H,60,67)(H,61,71)(H4,49,50,52)/t26-,33+,34-,35+,36+,37+,38+,39+/m1/s1. The highest BCUT2D eigenvalue weighted by Gasteiger charge is 2.46. The summed E-state index contributed by atoms with van der Waals surface area (Å²) >= 11 is 0. The minimum absolute atomic E-state index is 0.0301. The zero-order valence-corrected chi connectivity index (χ0v) is 42.4. The number of H-pyrrole nitrogens is 2. The molecule has 0 radical (unpaired) electrons. The third-order valence-corrected chi connectivity index (χ3v) is 14.6. The van der Waals surface area contributed by atoms with E-state index in [0.29, 0.717) is 16.8 Å². The van der Waals surface area contributed by atoms with Crippen molar-refractivity contribution in [1.82, 2.24) is 57.1 Å². The number of fused-ring (bicyclic) bond motifs is 1. The van der Waals surface area contributed by atoms with Gasteiger partial charge >= 0.3 is 6.03 Å². The van der Waals surface area contributed by atoms with Crippen molar-refractivity contribution in [3.05, 3.63) is 90.1 Å². The molecule has 0 spiro atoms. The van der Waals surface area contributed by atoms with Gasteiger partial charge in [-0.25, -0.2) is 14.7 Å². The maximum Gasteiger partial charge on any atom is 0.325 e. The third-order valence-electron chi connectivity index (χ3n) is 12.2. The fraction of sp³-hybridized carbons (Fsp3) is 0.438. The summed E-state index contributed by atoms with van der Waals surface area (Å²) < 4.78 is 0. The number of guanidine groups is 1. The number of benzene rings is 2. The van der Waals surface area contributed by atoms with Crippen LogP contribution in [-0.4, -0.2) is 145 Å². The first-order valence-electron chi connectivity index (χ1n) is 23.7. The van der Waals surface area contributed by atoms with Gasteiger partial charge in [-0.15, -0.1) is 0 Å². The van der Waals surface area contributed by atoms with Crippen LogP contribution in [0.15, 0.2) is 78.3 Å². The van der Waals surface area contributed by atoms with Crippen LogP contribution in [0.2, 0.25) is 0 Å². The van der Waals surface area contributed by atoms with E-state index in [2.05, 4.69) is 57.2 Å². The van der Waals surface area contributed by atoms with E-state index < -0.39 is 101 Å². The zero-order chi connectivity index (χ0) is 52.8. The van der Waals surface area contributed by atoms with Gasteiger partial charge in [0.25, 0.3) is 5.91 Å². The van der Waals surface area contributed by atoms with Crippen molar-refractivity contribution in [1.29, 1.82) is 0 Å². The molecule has 6 rings (SSSR count). The topological polar surface area (TPSA) is 350 Å². The summed E-state index contributed by atoms with van der Waals surface area (Å²) in [4.78, 5) is 142. The molecule has 13 N–H and O–H groups in total. The molecule has 4 heterocycles. The number of carbonyl (C=O) groups excluding carboxylic acids is 9. The normalized spacial score (nSPS) is 24.4. The van der Waals surface area contributed by atoms with E-state index in [9.17, 15) is 43.2 Å². The number of nitrogens with two attached hydrogens (primary N) is 2. The number of urea groups is 1. The van der Waals surface area contributed by atoms with Crippen LogP contribution in [0.25, 0.3) is 10.9 Å². The molecule has 2 fully saturated rings. The number of Topliss-reactive ketones (excluding diaryl/α,β-unsaturated/α-hetero) is 1. The van der Waals surface area contributed by atoms with Crippen molar-refractivity contribution in [3.8, 4) is 0 Å². The highest BCUT2D eigenvalue weighted by molar-refractivity contribution is 8.76. The Labute approximate surface area is 428 Å². The van der Waals surface area contributed by atoms with E-state index in [1.807, 2.05) is 24.3 Å². The second kappa shape index (κ2) is 25.8. The number of rotatable bonds is 13. The van der Waals surface area contributed by atoms with Crippen LogP contribution >= 0.6 is 21.6 Å². The van der Waals surface area contributed by atoms with Gasteiger partial charge in [-0.2, -0.15) is 0 Å². The predicted molar refractivity (Wildman–Crippen MR) is 275 cm³/mol. The Morgan fingerprint density at radius 2 is 1.34 bits per heavy atom. The maximum atomic E-state index is 14.6. The number of para-hydroxylation sites is 1. The maximum absolute atomic E-state index is 14.6. The van der Waals surface area contributed by atoms with Crippen molar-refractivity contribution in [3.63, 3.8) is 0 Å². The molecule has 0 saturated carbocycles. The first kappa shape index (κ1) is 54.9. The predicted octanol–water partition coefficient (Wildman–Crippen LogP) is -0.170. The van der Waals surface area contributed by atoms with Gasteiger partial charge in [0.05, 0.1) is 12.4 Å². The molecule has 2 aliphatic rings. The van der Waals surface area contributed by atoms with Crippen molar-refractivity contribution in [2.24, 2.45) is 22.4 Å². The van der Waals surface area contributed by atoms with E-state index in [-0.39, 0.29) is 62.0 Å². The SMILES string of the molecule is CC(=O)[C@@H]1CSSC[C@H](N2C(=O)N[C@@H](C(C)C)C2=O)C(=O)N[C@H](C)C(=O)N[C@@H](Cc2cnc[nH]2)C(=O)N[C@H](Cc2ccccc2)C(=O)N[C@@H](CCCN=C(N)N)C(=O)N[C@@H](Cc2c[nH]c3ccccc23)C(=O)N1. The minimum Gasteiger partial charge on any atom is -0.370 e. The molecule has 0 bridgehead atoms. The van der Waals surface area contributed by atoms with Crippen LogP contribution < -0.4 is 48.7 Å². The second-order valence-electron chi connectivity index (χ2n) is 18.1. The number of carbonyl (C=O) groups is 9. The number of aromatic amines is 2. The van der Waals surface area contributed by atoms with E-state index >= 15 is 0 Å². The van der Waals surface area contributed by atoms with Crippen LogP contribution in [0.4, 0.5) is 4.79 Å². The minimum atomic E-state index is -1.46. The Morgan fingerprint density at radius 1 is 0.726 bits per heavy atom. The number of aliphatic imine (C=N–C) groups is 1. The second-order valence-corrected chi connectivity index (χ2v) is 20.6. The monoisotopic (exact) mass is 1040 g/mol. The molecule has 0 aliphatic carbocycles. The van der Waals surface area contributed by atoms with Gasteiger partial charge in [0.1, 0.15) is 42.3 Å². The number of ketones is 1. The molecule has 73 heavy (non-hydrogen) atoms. The van der Waals surface area contributed by atoms with E-state index in [0.717, 1.165) is 37.4 Å². The van der Waals surface area contributed by atoms with Crippen molar-refractivity contribution >= 4 is 91.6 Å². The molecule has 2 aliphatic heterocycles. The number of hydrogen-bond acceptors (Lipinski definition) is 13. The first-order valence-corrected chi connectivity index (χ1v) is 26.2. The summed E-state index contributed by atoms with van der Waals surface area (Å²) in [5.74, 6) is -6.65. The lowest BCUT2D eigenvalue weighted by Crippen LogP contribution is -2.60. The average molecular weight is 1040 g/mol. The largest absolute Gasteiger partial charge is 0.370 e. The van der Waals surface area contributed by atoms with Gasteiger partial charge in [-0.3, -0.25) is 43.3 Å². The molecule has 9 amide bonds. The Balaban J connectivity index is 1.39. The Bertz CT molecular complexity index is 2660. The quantitative estimate of drug-likeness (QED) is 0.0273. The molecule has 2 saturated heterocycles. The molecule has 4 aromatic rings. The number of hydrogen-bond donors (Lipinski definition) is 11. The first-order chi connectivity index (χ1) is 34.9. The summed E-state index contributed by atoms with van der Waals surface area (Å²) in [5, 5.41) is 19.8. The van der Waals surface area contributed by atoms with E-state index in [1.54, 1.807) is 50.4 Å². The van der Waals surface area contributed by atoms with Crippen LogP contribution in [0.3, 0.4) is 0 Å². The van der Waals surface area contributed by atoms with Crippen molar-refractivity contribution in [2.75, 3.05) is 18.1 Å². The number of nitrogens with zero attached hydrogens (tertiary/aromatic N) is 3. The lowest BCUT2D eigenvalue weighted by atomic mass is 10.0. The number of imidazole rings is 1. The fourth-order valence-electron chi connectivity index (χ4n) is 8.17. The van der Waals surface area contributed by atoms with Gasteiger partial charge in [0.2, 0.25) is 35.4 Å².